The average Bonchev–Trinajstić information content (AvgIpc) is 0. The van der Waals surface area contributed by atoms with Crippen molar-refractivity contribution in [2.24, 2.45) is 0 Å². The standard InChI is InChI=1S/Ni.Si.Ti.Zr. The molecule has 0 saturated carbocycles. The van der Waals surface area contributed by atoms with Gasteiger partial charge in [-0.1, -0.05) is 0 Å². The molecule has 0 bridgehead atoms. The van der Waals surface area contributed by atoms with Crippen molar-refractivity contribution >= 4 is 11.0 Å². The third kappa shape index (κ3) is 8.85. The largest absolute Gasteiger partial charge is 0 e. The Morgan fingerprint density at radius 2 is 1.00 bits per heavy atom. The summed E-state index contributed by atoms with van der Waals surface area (Å²) in [5.74, 6) is 0. The fourth-order valence-corrected chi connectivity index (χ4v) is 0. The molecule has 0 fully saturated rings. The molecule has 0 spiro atoms. The molecule has 0 saturated heterocycles. The smallest absolute Gasteiger partial charge is 0 e. The maximum absolute atomic E-state index is 0. The van der Waals surface area contributed by atoms with Crippen molar-refractivity contribution in [2.75, 3.05) is 0 Å². The van der Waals surface area contributed by atoms with Crippen LogP contribution in [0.15, 0.2) is 0 Å². The van der Waals surface area contributed by atoms with Gasteiger partial charge in [0.15, 0.2) is 0 Å². The summed E-state index contributed by atoms with van der Waals surface area (Å²) in [7, 11) is 0. The average molecular weight is 226 g/mol. The van der Waals surface area contributed by atoms with Crippen LogP contribution in [0.5, 0.6) is 0 Å². The van der Waals surface area contributed by atoms with Gasteiger partial charge in [-0.3, -0.25) is 0 Å². The van der Waals surface area contributed by atoms with Crippen molar-refractivity contribution in [3.8, 4) is 0 Å². The van der Waals surface area contributed by atoms with E-state index in [4.69, 9.17) is 0 Å². The predicted octanol–water partition coefficient (Wildman–Crippen LogP) is -0.388. The minimum absolute atomic E-state index is 0. The molecular formula is NiSiTiZr. The van der Waals surface area contributed by atoms with E-state index in [1.54, 1.807) is 0 Å². The van der Waals surface area contributed by atoms with Crippen molar-refractivity contribution in [2.45, 2.75) is 0 Å². The zero-order chi connectivity index (χ0) is 0. The Morgan fingerprint density at radius 3 is 1.00 bits per heavy atom. The van der Waals surface area contributed by atoms with Gasteiger partial charge in [0.05, 0.1) is 0 Å². The predicted molar refractivity (Wildman–Crippen MR) is 5.75 cm³/mol. The maximum Gasteiger partial charge on any atom is 0 e. The van der Waals surface area contributed by atoms with Gasteiger partial charge >= 0.3 is 0 Å². The summed E-state index contributed by atoms with van der Waals surface area (Å²) in [6.45, 7) is 0. The molecule has 22 valence electrons. The van der Waals surface area contributed by atoms with E-state index in [2.05, 4.69) is 0 Å². The van der Waals surface area contributed by atoms with Crippen LogP contribution >= 0.6 is 0 Å². The SMILES string of the molecule is [Ni].[Si].[Ti].[Zr]. The van der Waals surface area contributed by atoms with Gasteiger partial charge in [-0.25, -0.2) is 0 Å². The Hall–Kier alpha value is 2.31. The second-order valence-electron chi connectivity index (χ2n) is 0. The molecule has 0 aromatic carbocycles. The maximum atomic E-state index is 0. The van der Waals surface area contributed by atoms with Crippen molar-refractivity contribution in [1.82, 2.24) is 0 Å². The molecular weight excluding hydrogens is 226 g/mol. The molecule has 0 aliphatic rings. The van der Waals surface area contributed by atoms with Crippen LogP contribution in [0.4, 0.5) is 0 Å². The summed E-state index contributed by atoms with van der Waals surface area (Å²) in [6, 6.07) is 0. The van der Waals surface area contributed by atoms with Crippen molar-refractivity contribution in [1.29, 1.82) is 0 Å². The first-order valence-electron chi connectivity index (χ1n) is 0. The Balaban J connectivity index is 0. The summed E-state index contributed by atoms with van der Waals surface area (Å²) in [4.78, 5) is 0. The molecule has 0 aromatic rings. The normalized spacial score (nSPS) is 0. The summed E-state index contributed by atoms with van der Waals surface area (Å²) >= 11 is 0. The molecule has 0 amide bonds. The van der Waals surface area contributed by atoms with Gasteiger partial charge < -0.3 is 0 Å². The molecule has 0 unspecified atom stereocenters. The van der Waals surface area contributed by atoms with E-state index in [9.17, 15) is 0 Å². The Bertz CT molecular complexity index is 8.00. The first-order valence-corrected chi connectivity index (χ1v) is 0. The van der Waals surface area contributed by atoms with E-state index in [1.807, 2.05) is 0 Å². The van der Waals surface area contributed by atoms with Gasteiger partial charge in [-0.2, -0.15) is 0 Å². The van der Waals surface area contributed by atoms with E-state index in [-0.39, 0.29) is 75.4 Å². The Labute approximate surface area is 74.4 Å². The van der Waals surface area contributed by atoms with Crippen molar-refractivity contribution in [3.63, 3.8) is 0 Å². The molecule has 0 aromatic heterocycles. The molecule has 4 radical (unpaired) electrons. The second-order valence-corrected chi connectivity index (χ2v) is 0. The Kier molecular flexibility index (Phi) is 154. The summed E-state index contributed by atoms with van der Waals surface area (Å²) < 4.78 is 0. The molecule has 0 nitrogen and oxygen atoms in total. The summed E-state index contributed by atoms with van der Waals surface area (Å²) in [5.41, 5.74) is 0. The number of hydrogen-bond acceptors (Lipinski definition) is 0. The van der Waals surface area contributed by atoms with E-state index in [1.165, 1.54) is 0 Å². The van der Waals surface area contributed by atoms with E-state index >= 15 is 0 Å². The van der Waals surface area contributed by atoms with Crippen LogP contribution in [0.3, 0.4) is 0 Å². The van der Waals surface area contributed by atoms with Gasteiger partial charge in [0.1, 0.15) is 0 Å². The molecule has 0 aliphatic heterocycles. The van der Waals surface area contributed by atoms with Crippen LogP contribution in [0.1, 0.15) is 0 Å². The quantitative estimate of drug-likeness (QED) is 0.493. The first-order chi connectivity index (χ1) is 0. The van der Waals surface area contributed by atoms with Crippen molar-refractivity contribution < 1.29 is 64.4 Å². The fourth-order valence-electron chi connectivity index (χ4n) is 0. The topological polar surface area (TPSA) is 0 Å². The van der Waals surface area contributed by atoms with Crippen LogP contribution < -0.4 is 0 Å². The van der Waals surface area contributed by atoms with Crippen LogP contribution in [0, 0.1) is 0 Å². The van der Waals surface area contributed by atoms with Crippen LogP contribution in [0.25, 0.3) is 0 Å². The molecule has 4 heteroatoms. The molecule has 0 aliphatic carbocycles. The monoisotopic (exact) mass is 224 g/mol. The molecule has 4 heavy (non-hydrogen) atoms. The van der Waals surface area contributed by atoms with E-state index < -0.39 is 0 Å². The first kappa shape index (κ1) is 33.4. The summed E-state index contributed by atoms with van der Waals surface area (Å²) in [6.07, 6.45) is 0. The van der Waals surface area contributed by atoms with Gasteiger partial charge in [0.25, 0.3) is 0 Å². The molecule has 0 atom stereocenters. The summed E-state index contributed by atoms with van der Waals surface area (Å²) in [5, 5.41) is 0. The molecule has 0 rings (SSSR count). The number of rotatable bonds is 0. The van der Waals surface area contributed by atoms with Crippen LogP contribution in [-0.4, -0.2) is 11.0 Å². The van der Waals surface area contributed by atoms with Gasteiger partial charge in [-0.15, -0.1) is 0 Å². The van der Waals surface area contributed by atoms with E-state index in [0.717, 1.165) is 0 Å². The minimum atomic E-state index is 0. The van der Waals surface area contributed by atoms with Crippen LogP contribution in [0.2, 0.25) is 0 Å². The third-order valence-electron chi connectivity index (χ3n) is 0. The van der Waals surface area contributed by atoms with Crippen LogP contribution in [-0.2, 0) is 64.4 Å². The van der Waals surface area contributed by atoms with E-state index in [0.29, 0.717) is 0 Å². The second kappa shape index (κ2) is 18.5. The molecule has 0 N–H and O–H groups in total. The van der Waals surface area contributed by atoms with Gasteiger partial charge in [0, 0.05) is 75.4 Å². The van der Waals surface area contributed by atoms with Gasteiger partial charge in [0.2, 0.25) is 0 Å². The number of hydrogen-bond donors (Lipinski definition) is 0. The zero-order valence-corrected chi connectivity index (χ0v) is 7.82. The van der Waals surface area contributed by atoms with Crippen molar-refractivity contribution in [3.05, 3.63) is 0 Å². The third-order valence-corrected chi connectivity index (χ3v) is 0. The zero-order valence-electron chi connectivity index (χ0n) is 1.82. The van der Waals surface area contributed by atoms with Gasteiger partial charge in [-0.05, 0) is 0 Å². The molecule has 0 heterocycles. The minimum Gasteiger partial charge on any atom is 0 e. The Morgan fingerprint density at radius 1 is 1.00 bits per heavy atom. The fraction of sp³-hybridized carbons (Fsp3) is 0.